The van der Waals surface area contributed by atoms with E-state index < -0.39 is 17.6 Å². The Morgan fingerprint density at radius 3 is 2.16 bits per heavy atom. The molecule has 1 heterocycles. The molecule has 4 aromatic carbocycles. The molecule has 50 heavy (non-hydrogen) atoms. The second-order valence-electron chi connectivity index (χ2n) is 13.3. The lowest BCUT2D eigenvalue weighted by atomic mass is 10.00. The number of anilines is 1. The molecule has 0 fully saturated rings. The summed E-state index contributed by atoms with van der Waals surface area (Å²) in [5, 5.41) is 12.2. The van der Waals surface area contributed by atoms with Crippen LogP contribution in [0.3, 0.4) is 0 Å². The topological polar surface area (TPSA) is 82.1 Å². The normalized spacial score (nSPS) is 15.2. The fraction of sp³-hybridized carbons (Fsp3) is 0.350. The summed E-state index contributed by atoms with van der Waals surface area (Å²) in [7, 11) is 4.19. The van der Waals surface area contributed by atoms with E-state index >= 15 is 0 Å². The van der Waals surface area contributed by atoms with Crippen LogP contribution in [0, 0.1) is 19.8 Å². The number of halogens is 3. The number of alkyl halides is 3. The number of carbonyl (C=O) groups is 2. The van der Waals surface area contributed by atoms with Crippen LogP contribution in [0.1, 0.15) is 52.0 Å². The number of aliphatic hydroxyl groups is 1. The molecular weight excluding hydrogens is 643 g/mol. The summed E-state index contributed by atoms with van der Waals surface area (Å²) in [6.45, 7) is 9.51. The zero-order valence-corrected chi connectivity index (χ0v) is 29.5. The number of hydrogen-bond acceptors (Lipinski definition) is 5. The number of nitrogens with zero attached hydrogens (tertiary/aromatic N) is 2. The molecule has 266 valence electrons. The van der Waals surface area contributed by atoms with Gasteiger partial charge in [-0.3, -0.25) is 9.59 Å². The molecule has 2 amide bonds. The molecule has 0 saturated carbocycles. The van der Waals surface area contributed by atoms with Gasteiger partial charge in [-0.25, -0.2) is 0 Å². The van der Waals surface area contributed by atoms with E-state index in [1.54, 1.807) is 30.0 Å². The van der Waals surface area contributed by atoms with Crippen molar-refractivity contribution in [3.05, 3.63) is 118 Å². The van der Waals surface area contributed by atoms with Gasteiger partial charge in [-0.1, -0.05) is 78.7 Å². The first kappa shape index (κ1) is 38.1. The number of aliphatic hydroxyl groups excluding tert-OH is 1. The minimum atomic E-state index is -4.44. The molecule has 0 saturated heterocycles. The van der Waals surface area contributed by atoms with Gasteiger partial charge in [0, 0.05) is 19.0 Å². The van der Waals surface area contributed by atoms with Gasteiger partial charge in [0.05, 0.1) is 42.5 Å². The molecule has 1 aliphatic rings. The zero-order valence-electron chi connectivity index (χ0n) is 29.5. The average molecular weight is 690 g/mol. The van der Waals surface area contributed by atoms with Crippen molar-refractivity contribution in [2.24, 2.45) is 5.92 Å². The standard InChI is InChI=1S/C23H25F3N2O4.C17H21N/c1-14-11-28(15(2)12-29)22(31)18-4-3-5-19(21(18)32-13-14)27-20(30)10-16-6-8-17(9-7-16)23(24,25)26;1-13-9-14(2)11-17(10-13)16-7-5-15(6-8-16)12-18(3)4/h3-9,14-15,29H,10-13H2,1-2H3,(H,27,30);5-11H,12H2,1-4H3/t14-,15+;/m1./s1. The number of amides is 2. The minimum absolute atomic E-state index is 0.00277. The highest BCUT2D eigenvalue weighted by molar-refractivity contribution is 6.02. The Morgan fingerprint density at radius 2 is 1.58 bits per heavy atom. The maximum atomic E-state index is 13.1. The van der Waals surface area contributed by atoms with E-state index in [9.17, 15) is 27.9 Å². The number of benzene rings is 4. The van der Waals surface area contributed by atoms with Crippen LogP contribution >= 0.6 is 0 Å². The van der Waals surface area contributed by atoms with Crippen LogP contribution < -0.4 is 10.1 Å². The highest BCUT2D eigenvalue weighted by Crippen LogP contribution is 2.33. The molecule has 10 heteroatoms. The Morgan fingerprint density at radius 1 is 0.960 bits per heavy atom. The lowest BCUT2D eigenvalue weighted by molar-refractivity contribution is -0.137. The van der Waals surface area contributed by atoms with E-state index in [0.717, 1.165) is 18.7 Å². The summed E-state index contributed by atoms with van der Waals surface area (Å²) in [6.07, 6.45) is -4.58. The molecule has 5 rings (SSSR count). The van der Waals surface area contributed by atoms with E-state index in [0.29, 0.717) is 24.4 Å². The summed E-state index contributed by atoms with van der Waals surface area (Å²) < 4.78 is 44.0. The highest BCUT2D eigenvalue weighted by Gasteiger charge is 2.31. The fourth-order valence-electron chi connectivity index (χ4n) is 5.79. The van der Waals surface area contributed by atoms with Crippen molar-refractivity contribution < 1.29 is 32.6 Å². The average Bonchev–Trinajstić information content (AvgIpc) is 3.05. The second kappa shape index (κ2) is 16.8. The maximum Gasteiger partial charge on any atom is 0.416 e. The summed E-state index contributed by atoms with van der Waals surface area (Å²) in [6, 6.07) is 24.4. The molecule has 0 aliphatic carbocycles. The number of nitrogens with one attached hydrogen (secondary N) is 1. The summed E-state index contributed by atoms with van der Waals surface area (Å²) in [5.41, 5.74) is 6.81. The van der Waals surface area contributed by atoms with E-state index in [1.165, 1.54) is 39.9 Å². The van der Waals surface area contributed by atoms with Crippen LogP contribution in [0.15, 0.2) is 84.9 Å². The molecule has 2 N–H and O–H groups in total. The zero-order chi connectivity index (χ0) is 36.6. The predicted octanol–water partition coefficient (Wildman–Crippen LogP) is 7.77. The molecule has 2 atom stereocenters. The van der Waals surface area contributed by atoms with Gasteiger partial charge in [0.1, 0.15) is 0 Å². The molecule has 0 bridgehead atoms. The van der Waals surface area contributed by atoms with Crippen LogP contribution in [0.2, 0.25) is 0 Å². The maximum absolute atomic E-state index is 13.1. The lowest BCUT2D eigenvalue weighted by Gasteiger charge is -2.33. The van der Waals surface area contributed by atoms with Gasteiger partial charge in [0.15, 0.2) is 5.75 Å². The molecule has 0 aromatic heterocycles. The predicted molar refractivity (Wildman–Crippen MR) is 191 cm³/mol. The molecule has 7 nitrogen and oxygen atoms in total. The summed E-state index contributed by atoms with van der Waals surface area (Å²) >= 11 is 0. The number of ether oxygens (including phenoxy) is 1. The molecular formula is C40H46F3N3O4. The van der Waals surface area contributed by atoms with Crippen molar-refractivity contribution in [2.45, 2.75) is 52.9 Å². The van der Waals surface area contributed by atoms with Gasteiger partial charge in [0.25, 0.3) is 5.91 Å². The molecule has 0 spiro atoms. The Kier molecular flexibility index (Phi) is 12.8. The van der Waals surface area contributed by atoms with E-state index in [1.807, 2.05) is 6.92 Å². The third-order valence-corrected chi connectivity index (χ3v) is 8.25. The van der Waals surface area contributed by atoms with Crippen molar-refractivity contribution in [1.82, 2.24) is 9.80 Å². The van der Waals surface area contributed by atoms with E-state index in [4.69, 9.17) is 4.74 Å². The monoisotopic (exact) mass is 689 g/mol. The minimum Gasteiger partial charge on any atom is -0.490 e. The number of hydrogen-bond donors (Lipinski definition) is 2. The fourth-order valence-corrected chi connectivity index (χ4v) is 5.79. The van der Waals surface area contributed by atoms with Crippen molar-refractivity contribution in [2.75, 3.05) is 39.2 Å². The van der Waals surface area contributed by atoms with Crippen molar-refractivity contribution in [1.29, 1.82) is 0 Å². The van der Waals surface area contributed by atoms with E-state index in [2.05, 4.69) is 80.6 Å². The molecule has 1 aliphatic heterocycles. The van der Waals surface area contributed by atoms with E-state index in [-0.39, 0.29) is 42.2 Å². The number of rotatable bonds is 8. The number of carbonyl (C=O) groups excluding carboxylic acids is 2. The first-order valence-corrected chi connectivity index (χ1v) is 16.6. The molecule has 0 radical (unpaired) electrons. The Hall–Kier alpha value is -4.67. The van der Waals surface area contributed by atoms with Gasteiger partial charge in [-0.15, -0.1) is 0 Å². The summed E-state index contributed by atoms with van der Waals surface area (Å²) in [4.78, 5) is 29.4. The van der Waals surface area contributed by atoms with Crippen molar-refractivity contribution in [3.63, 3.8) is 0 Å². The molecule has 4 aromatic rings. The van der Waals surface area contributed by atoms with Gasteiger partial charge in [-0.05, 0) is 81.4 Å². The van der Waals surface area contributed by atoms with Crippen LogP contribution in [0.5, 0.6) is 5.75 Å². The van der Waals surface area contributed by atoms with Gasteiger partial charge in [0.2, 0.25) is 5.91 Å². The first-order valence-electron chi connectivity index (χ1n) is 16.6. The largest absolute Gasteiger partial charge is 0.490 e. The van der Waals surface area contributed by atoms with Crippen molar-refractivity contribution >= 4 is 17.5 Å². The first-order chi connectivity index (χ1) is 23.6. The number of aryl methyl sites for hydroxylation is 2. The SMILES string of the molecule is C[C@H]1COc2c(NC(=O)Cc3ccc(C(F)(F)F)cc3)cccc2C(=O)N([C@@H](C)CO)C1.Cc1cc(C)cc(-c2ccc(CN(C)C)cc2)c1. The van der Waals surface area contributed by atoms with Crippen LogP contribution in [-0.4, -0.2) is 66.6 Å². The van der Waals surface area contributed by atoms with Crippen LogP contribution in [0.4, 0.5) is 18.9 Å². The van der Waals surface area contributed by atoms with Gasteiger partial charge < -0.3 is 25.0 Å². The highest BCUT2D eigenvalue weighted by atomic mass is 19.4. The summed E-state index contributed by atoms with van der Waals surface area (Å²) in [5.74, 6) is -0.534. The van der Waals surface area contributed by atoms with Gasteiger partial charge >= 0.3 is 6.18 Å². The quantitative estimate of drug-likeness (QED) is 0.198. The Balaban J connectivity index is 0.000000263. The third-order valence-electron chi connectivity index (χ3n) is 8.25. The molecule has 0 unspecified atom stereocenters. The van der Waals surface area contributed by atoms with Crippen LogP contribution in [-0.2, 0) is 23.9 Å². The van der Waals surface area contributed by atoms with Crippen molar-refractivity contribution in [3.8, 4) is 16.9 Å². The van der Waals surface area contributed by atoms with Crippen LogP contribution in [0.25, 0.3) is 11.1 Å². The van der Waals surface area contributed by atoms with Gasteiger partial charge in [-0.2, -0.15) is 13.2 Å². The Bertz CT molecular complexity index is 1740. The Labute approximate surface area is 292 Å². The number of para-hydroxylation sites is 1. The third kappa shape index (κ3) is 10.4. The number of fused-ring (bicyclic) bond motifs is 1. The smallest absolute Gasteiger partial charge is 0.416 e. The second-order valence-corrected chi connectivity index (χ2v) is 13.3. The lowest BCUT2D eigenvalue weighted by Crippen LogP contribution is -2.45.